The van der Waals surface area contributed by atoms with Crippen LogP contribution in [0.15, 0.2) is 42.5 Å². The summed E-state index contributed by atoms with van der Waals surface area (Å²) in [5.74, 6) is 1.13. The monoisotopic (exact) mass is 347 g/mol. The van der Waals surface area contributed by atoms with Crippen LogP contribution >= 0.6 is 0 Å². The van der Waals surface area contributed by atoms with Crippen LogP contribution < -0.4 is 5.32 Å². The minimum atomic E-state index is 0.169. The number of H-pyrrole nitrogens is 1. The first-order chi connectivity index (χ1) is 12.8. The Kier molecular flexibility index (Phi) is 3.71. The van der Waals surface area contributed by atoms with Gasteiger partial charge in [-0.2, -0.15) is 0 Å². The van der Waals surface area contributed by atoms with Crippen molar-refractivity contribution in [3.8, 4) is 11.4 Å². The number of aryl methyl sites for hydroxylation is 1. The highest BCUT2D eigenvalue weighted by Crippen LogP contribution is 2.49. The zero-order chi connectivity index (χ0) is 17.5. The molecule has 0 bridgehead atoms. The Morgan fingerprint density at radius 1 is 1.12 bits per heavy atom. The van der Waals surface area contributed by atoms with Crippen molar-refractivity contribution in [1.29, 1.82) is 0 Å². The van der Waals surface area contributed by atoms with Gasteiger partial charge in [0.05, 0.1) is 12.1 Å². The van der Waals surface area contributed by atoms with E-state index in [1.54, 1.807) is 0 Å². The van der Waals surface area contributed by atoms with Gasteiger partial charge >= 0.3 is 0 Å². The molecule has 3 heterocycles. The molecule has 0 aliphatic carbocycles. The van der Waals surface area contributed by atoms with Crippen LogP contribution in [0.4, 0.5) is 5.69 Å². The highest BCUT2D eigenvalue weighted by Gasteiger charge is 2.39. The number of hydrogen-bond donors (Lipinski definition) is 2. The van der Waals surface area contributed by atoms with Gasteiger partial charge in [-0.1, -0.05) is 42.0 Å². The summed E-state index contributed by atoms with van der Waals surface area (Å²) in [7, 11) is 0. The Bertz CT molecular complexity index is 906. The molecule has 0 amide bonds. The number of nitrogens with one attached hydrogen (secondary N) is 2. The number of ether oxygens (including phenoxy) is 1. The van der Waals surface area contributed by atoms with Crippen LogP contribution in [0.3, 0.4) is 0 Å². The summed E-state index contributed by atoms with van der Waals surface area (Å²) in [5, 5.41) is 17.8. The highest BCUT2D eigenvalue weighted by atomic mass is 16.5. The fraction of sp³-hybridized carbons (Fsp3) is 0.350. The third-order valence-corrected chi connectivity index (χ3v) is 5.51. The molecule has 0 radical (unpaired) electrons. The molecular weight excluding hydrogens is 326 g/mol. The maximum absolute atomic E-state index is 6.23. The predicted octanol–water partition coefficient (Wildman–Crippen LogP) is 3.81. The molecule has 3 atom stereocenters. The van der Waals surface area contributed by atoms with Crippen molar-refractivity contribution >= 4 is 5.69 Å². The molecule has 2 aliphatic heterocycles. The number of benzene rings is 2. The Balaban J connectivity index is 1.51. The molecule has 2 aromatic carbocycles. The average Bonchev–Trinajstić information content (AvgIpc) is 3.22. The van der Waals surface area contributed by atoms with E-state index < -0.39 is 0 Å². The van der Waals surface area contributed by atoms with Crippen molar-refractivity contribution in [1.82, 2.24) is 20.6 Å². The van der Waals surface area contributed by atoms with Crippen LogP contribution in [-0.4, -0.2) is 27.2 Å². The number of nitrogens with zero attached hydrogens (tertiary/aromatic N) is 3. The van der Waals surface area contributed by atoms with Crippen molar-refractivity contribution in [2.24, 2.45) is 5.92 Å². The van der Waals surface area contributed by atoms with E-state index in [-0.39, 0.29) is 12.1 Å². The van der Waals surface area contributed by atoms with Gasteiger partial charge in [-0.25, -0.2) is 5.10 Å². The molecule has 5 rings (SSSR count). The Morgan fingerprint density at radius 2 is 2.00 bits per heavy atom. The molecule has 1 aromatic heterocycles. The third-order valence-electron chi connectivity index (χ3n) is 5.51. The minimum absolute atomic E-state index is 0.169. The van der Waals surface area contributed by atoms with Crippen LogP contribution in [0.5, 0.6) is 0 Å². The van der Waals surface area contributed by atoms with Crippen molar-refractivity contribution in [3.05, 3.63) is 59.2 Å². The van der Waals surface area contributed by atoms with Gasteiger partial charge in [0.1, 0.15) is 0 Å². The zero-order valence-corrected chi connectivity index (χ0v) is 14.6. The Labute approximate surface area is 152 Å². The van der Waals surface area contributed by atoms with E-state index in [1.165, 1.54) is 28.8 Å². The molecule has 6 nitrogen and oxygen atoms in total. The molecule has 26 heavy (non-hydrogen) atoms. The Morgan fingerprint density at radius 3 is 2.81 bits per heavy atom. The number of aromatic amines is 1. The largest absolute Gasteiger partial charge is 0.378 e. The van der Waals surface area contributed by atoms with Gasteiger partial charge < -0.3 is 10.1 Å². The topological polar surface area (TPSA) is 75.7 Å². The normalized spacial score (nSPS) is 24.4. The van der Waals surface area contributed by atoms with E-state index in [9.17, 15) is 0 Å². The van der Waals surface area contributed by atoms with Crippen molar-refractivity contribution in [3.63, 3.8) is 0 Å². The molecule has 2 aliphatic rings. The van der Waals surface area contributed by atoms with E-state index >= 15 is 0 Å². The highest BCUT2D eigenvalue weighted by molar-refractivity contribution is 5.59. The lowest BCUT2D eigenvalue weighted by Gasteiger charge is -2.43. The second-order valence-electron chi connectivity index (χ2n) is 7.18. The van der Waals surface area contributed by atoms with Gasteiger partial charge in [0.2, 0.25) is 0 Å². The second-order valence-corrected chi connectivity index (χ2v) is 7.18. The number of rotatable bonds is 2. The van der Waals surface area contributed by atoms with E-state index in [0.717, 1.165) is 18.6 Å². The van der Waals surface area contributed by atoms with Gasteiger partial charge in [-0.15, -0.1) is 5.10 Å². The van der Waals surface area contributed by atoms with Gasteiger partial charge in [-0.05, 0) is 41.8 Å². The number of tetrazole rings is 1. The summed E-state index contributed by atoms with van der Waals surface area (Å²) in [4.78, 5) is 0. The molecule has 132 valence electrons. The van der Waals surface area contributed by atoms with Crippen LogP contribution in [0.1, 0.15) is 41.7 Å². The van der Waals surface area contributed by atoms with E-state index in [4.69, 9.17) is 4.74 Å². The summed E-state index contributed by atoms with van der Waals surface area (Å²) in [6, 6.07) is 15.3. The second kappa shape index (κ2) is 6.21. The molecule has 1 saturated heterocycles. The first-order valence-corrected chi connectivity index (χ1v) is 9.12. The third kappa shape index (κ3) is 2.57. The van der Waals surface area contributed by atoms with Gasteiger partial charge in [0.15, 0.2) is 5.82 Å². The van der Waals surface area contributed by atoms with Crippen molar-refractivity contribution < 1.29 is 4.74 Å². The minimum Gasteiger partial charge on any atom is -0.378 e. The SMILES string of the molecule is Cc1ccc2c(c1)[C@@H]1OCCCC1C(c1ccc(-c3nnn[nH]3)cc1)N2. The quantitative estimate of drug-likeness (QED) is 0.737. The summed E-state index contributed by atoms with van der Waals surface area (Å²) in [5.41, 5.74) is 6.03. The number of hydrogen-bond acceptors (Lipinski definition) is 5. The fourth-order valence-corrected chi connectivity index (χ4v) is 4.25. The number of aromatic nitrogens is 4. The standard InChI is InChI=1S/C20H21N5O/c1-12-4-9-17-16(11-12)19-15(3-2-10-26-19)18(21-17)13-5-7-14(8-6-13)20-22-24-25-23-20/h4-9,11,15,18-19,21H,2-3,10H2,1H3,(H,22,23,24,25)/t15?,18?,19-/m1/s1. The smallest absolute Gasteiger partial charge is 0.179 e. The van der Waals surface area contributed by atoms with Crippen LogP contribution in [-0.2, 0) is 4.74 Å². The van der Waals surface area contributed by atoms with Crippen LogP contribution in [0.25, 0.3) is 11.4 Å². The Hall–Kier alpha value is -2.73. The molecular formula is C20H21N5O. The summed E-state index contributed by atoms with van der Waals surface area (Å²) in [6.07, 6.45) is 2.45. The predicted molar refractivity (Wildman–Crippen MR) is 98.6 cm³/mol. The van der Waals surface area contributed by atoms with Crippen LogP contribution in [0, 0.1) is 12.8 Å². The maximum Gasteiger partial charge on any atom is 0.179 e. The molecule has 6 heteroatoms. The van der Waals surface area contributed by atoms with Crippen molar-refractivity contribution in [2.45, 2.75) is 31.9 Å². The lowest BCUT2D eigenvalue weighted by molar-refractivity contribution is -0.0381. The molecule has 1 fully saturated rings. The molecule has 0 saturated carbocycles. The fourth-order valence-electron chi connectivity index (χ4n) is 4.25. The molecule has 3 aromatic rings. The first-order valence-electron chi connectivity index (χ1n) is 9.12. The lowest BCUT2D eigenvalue weighted by Crippen LogP contribution is -2.36. The van der Waals surface area contributed by atoms with Gasteiger partial charge in [0, 0.05) is 29.3 Å². The van der Waals surface area contributed by atoms with E-state index in [0.29, 0.717) is 11.7 Å². The van der Waals surface area contributed by atoms with Crippen molar-refractivity contribution in [2.75, 3.05) is 11.9 Å². The lowest BCUT2D eigenvalue weighted by atomic mass is 9.77. The molecule has 0 spiro atoms. The van der Waals surface area contributed by atoms with E-state index in [1.807, 2.05) is 0 Å². The van der Waals surface area contributed by atoms with Crippen LogP contribution in [0.2, 0.25) is 0 Å². The first kappa shape index (κ1) is 15.5. The molecule has 2 N–H and O–H groups in total. The summed E-state index contributed by atoms with van der Waals surface area (Å²) < 4.78 is 6.23. The maximum atomic E-state index is 6.23. The summed E-state index contributed by atoms with van der Waals surface area (Å²) in [6.45, 7) is 2.99. The van der Waals surface area contributed by atoms with E-state index in [2.05, 4.69) is 75.3 Å². The number of anilines is 1. The number of fused-ring (bicyclic) bond motifs is 3. The summed E-state index contributed by atoms with van der Waals surface area (Å²) >= 11 is 0. The molecule has 2 unspecified atom stereocenters. The zero-order valence-electron chi connectivity index (χ0n) is 14.6. The average molecular weight is 347 g/mol. The van der Waals surface area contributed by atoms with Gasteiger partial charge in [0.25, 0.3) is 0 Å². The van der Waals surface area contributed by atoms with Gasteiger partial charge in [-0.3, -0.25) is 0 Å².